The second kappa shape index (κ2) is 19.3. The summed E-state index contributed by atoms with van der Waals surface area (Å²) in [6.07, 6.45) is 20.1. The fourth-order valence-electron chi connectivity index (χ4n) is 3.76. The summed E-state index contributed by atoms with van der Waals surface area (Å²) in [5.41, 5.74) is 0. The molecular formula is C24H46O6Si. The number of carbonyl (C=O) groups excluding carboxylic acids is 3. The molecule has 0 N–H and O–H groups in total. The Balaban J connectivity index is 3.82. The maximum atomic E-state index is 11.4. The van der Waals surface area contributed by atoms with Gasteiger partial charge < -0.3 is 13.3 Å². The SMILES string of the molecule is CCCCCCCCCCCCCCCCCC[Si](OC(C)=O)(OC(C)=O)OC(C)=O. The summed E-state index contributed by atoms with van der Waals surface area (Å²) in [5, 5.41) is 0. The van der Waals surface area contributed by atoms with Crippen LogP contribution in [0.1, 0.15) is 130 Å². The molecule has 182 valence electrons. The average Bonchev–Trinajstić information content (AvgIpc) is 2.66. The largest absolute Gasteiger partial charge is 0.705 e. The zero-order valence-electron chi connectivity index (χ0n) is 20.5. The van der Waals surface area contributed by atoms with Crippen molar-refractivity contribution in [3.8, 4) is 0 Å². The summed E-state index contributed by atoms with van der Waals surface area (Å²) in [6.45, 7) is 5.93. The van der Waals surface area contributed by atoms with Gasteiger partial charge in [-0.25, -0.2) is 0 Å². The van der Waals surface area contributed by atoms with E-state index in [1.165, 1.54) is 104 Å². The highest BCUT2D eigenvalue weighted by atomic mass is 28.4. The molecule has 0 radical (unpaired) electrons. The van der Waals surface area contributed by atoms with Crippen molar-refractivity contribution in [2.24, 2.45) is 0 Å². The third kappa shape index (κ3) is 19.1. The van der Waals surface area contributed by atoms with E-state index in [9.17, 15) is 14.4 Å². The minimum Gasteiger partial charge on any atom is -0.455 e. The molecular weight excluding hydrogens is 412 g/mol. The van der Waals surface area contributed by atoms with Crippen LogP contribution in [0.15, 0.2) is 0 Å². The summed E-state index contributed by atoms with van der Waals surface area (Å²) >= 11 is 0. The van der Waals surface area contributed by atoms with Crippen molar-refractivity contribution in [3.63, 3.8) is 0 Å². The third-order valence-electron chi connectivity index (χ3n) is 5.23. The van der Waals surface area contributed by atoms with Gasteiger partial charge in [0.25, 0.3) is 17.9 Å². The van der Waals surface area contributed by atoms with E-state index in [2.05, 4.69) is 6.92 Å². The highest BCUT2D eigenvalue weighted by molar-refractivity contribution is 6.65. The Morgan fingerprint density at radius 2 is 0.742 bits per heavy atom. The molecule has 0 rings (SSSR count). The predicted molar refractivity (Wildman–Crippen MR) is 125 cm³/mol. The van der Waals surface area contributed by atoms with Gasteiger partial charge in [-0.15, -0.1) is 0 Å². The Morgan fingerprint density at radius 3 is 1.00 bits per heavy atom. The molecule has 7 heteroatoms. The Kier molecular flexibility index (Phi) is 18.5. The first kappa shape index (κ1) is 29.6. The van der Waals surface area contributed by atoms with Crippen molar-refractivity contribution in [3.05, 3.63) is 0 Å². The summed E-state index contributed by atoms with van der Waals surface area (Å²) in [7, 11) is -3.64. The lowest BCUT2D eigenvalue weighted by atomic mass is 10.0. The van der Waals surface area contributed by atoms with Gasteiger partial charge in [0.2, 0.25) is 0 Å². The van der Waals surface area contributed by atoms with Crippen LogP contribution in [0, 0.1) is 0 Å². The highest BCUT2D eigenvalue weighted by Crippen LogP contribution is 2.22. The minimum absolute atomic E-state index is 0.282. The monoisotopic (exact) mass is 458 g/mol. The van der Waals surface area contributed by atoms with E-state index >= 15 is 0 Å². The lowest BCUT2D eigenvalue weighted by molar-refractivity contribution is -0.147. The van der Waals surface area contributed by atoms with E-state index in [0.717, 1.165) is 12.8 Å². The molecule has 0 bridgehead atoms. The third-order valence-corrected chi connectivity index (χ3v) is 8.00. The lowest BCUT2D eigenvalue weighted by Gasteiger charge is -2.26. The fourth-order valence-corrected chi connectivity index (χ4v) is 6.19. The van der Waals surface area contributed by atoms with Gasteiger partial charge >= 0.3 is 8.80 Å². The maximum absolute atomic E-state index is 11.4. The van der Waals surface area contributed by atoms with Crippen molar-refractivity contribution >= 4 is 26.7 Å². The van der Waals surface area contributed by atoms with Gasteiger partial charge in [-0.1, -0.05) is 103 Å². The molecule has 0 aliphatic rings. The molecule has 6 nitrogen and oxygen atoms in total. The molecule has 0 saturated carbocycles. The highest BCUT2D eigenvalue weighted by Gasteiger charge is 2.51. The Labute approximate surface area is 191 Å². The van der Waals surface area contributed by atoms with Gasteiger partial charge in [0, 0.05) is 20.8 Å². The quantitative estimate of drug-likeness (QED) is 0.146. The predicted octanol–water partition coefficient (Wildman–Crippen LogP) is 6.88. The number of rotatable bonds is 20. The maximum Gasteiger partial charge on any atom is 0.705 e. The second-order valence-electron chi connectivity index (χ2n) is 8.52. The van der Waals surface area contributed by atoms with Crippen LogP contribution in [-0.4, -0.2) is 26.7 Å². The van der Waals surface area contributed by atoms with Crippen molar-refractivity contribution in [1.29, 1.82) is 0 Å². The van der Waals surface area contributed by atoms with Crippen molar-refractivity contribution < 1.29 is 27.7 Å². The van der Waals surface area contributed by atoms with Crippen LogP contribution < -0.4 is 0 Å². The molecule has 0 amide bonds. The first-order valence-electron chi connectivity index (χ1n) is 12.4. The van der Waals surface area contributed by atoms with Gasteiger partial charge in [-0.05, 0) is 6.42 Å². The first-order chi connectivity index (χ1) is 14.8. The van der Waals surface area contributed by atoms with E-state index < -0.39 is 26.7 Å². The van der Waals surface area contributed by atoms with Gasteiger partial charge in [-0.2, -0.15) is 0 Å². The zero-order chi connectivity index (χ0) is 23.4. The van der Waals surface area contributed by atoms with Gasteiger partial charge in [-0.3, -0.25) is 14.4 Å². The summed E-state index contributed by atoms with van der Waals surface area (Å²) < 4.78 is 15.6. The van der Waals surface area contributed by atoms with Crippen LogP contribution in [-0.2, 0) is 27.7 Å². The standard InChI is InChI=1S/C24H46O6Si/c1-5-6-7-8-9-10-11-12-13-14-15-16-17-18-19-20-21-31(28-22(2)25,29-23(3)26)30-24(4)27/h5-21H2,1-4H3. The molecule has 0 heterocycles. The fraction of sp³-hybridized carbons (Fsp3) is 0.875. The summed E-state index contributed by atoms with van der Waals surface area (Å²) in [6, 6.07) is 0.282. The molecule has 0 spiro atoms. The minimum atomic E-state index is -3.64. The molecule has 0 atom stereocenters. The number of hydrogen-bond acceptors (Lipinski definition) is 6. The van der Waals surface area contributed by atoms with Crippen LogP contribution in [0.4, 0.5) is 0 Å². The van der Waals surface area contributed by atoms with Crippen molar-refractivity contribution in [2.75, 3.05) is 0 Å². The van der Waals surface area contributed by atoms with Crippen LogP contribution >= 0.6 is 0 Å². The molecule has 0 aromatic rings. The van der Waals surface area contributed by atoms with Gasteiger partial charge in [0.05, 0.1) is 6.04 Å². The van der Waals surface area contributed by atoms with Crippen LogP contribution in [0.5, 0.6) is 0 Å². The molecule has 0 saturated heterocycles. The molecule has 0 fully saturated rings. The number of hydrogen-bond donors (Lipinski definition) is 0. The second-order valence-corrected chi connectivity index (χ2v) is 11.0. The zero-order valence-corrected chi connectivity index (χ0v) is 21.5. The topological polar surface area (TPSA) is 78.9 Å². The van der Waals surface area contributed by atoms with E-state index in [-0.39, 0.29) is 6.04 Å². The molecule has 31 heavy (non-hydrogen) atoms. The molecule has 0 unspecified atom stereocenters. The average molecular weight is 459 g/mol. The Morgan fingerprint density at radius 1 is 0.484 bits per heavy atom. The molecule has 0 aromatic heterocycles. The van der Waals surface area contributed by atoms with Crippen LogP contribution in [0.3, 0.4) is 0 Å². The Hall–Kier alpha value is -1.37. The molecule has 0 aliphatic heterocycles. The summed E-state index contributed by atoms with van der Waals surface area (Å²) in [4.78, 5) is 34.3. The first-order valence-corrected chi connectivity index (χ1v) is 14.3. The molecule has 0 aromatic carbocycles. The smallest absolute Gasteiger partial charge is 0.455 e. The van der Waals surface area contributed by atoms with Crippen LogP contribution in [0.2, 0.25) is 6.04 Å². The van der Waals surface area contributed by atoms with Crippen molar-refractivity contribution in [1.82, 2.24) is 0 Å². The Bertz CT molecular complexity index is 454. The van der Waals surface area contributed by atoms with E-state index in [1.807, 2.05) is 0 Å². The molecule has 0 aliphatic carbocycles. The normalized spacial score (nSPS) is 11.2. The number of unbranched alkanes of at least 4 members (excludes halogenated alkanes) is 15. The van der Waals surface area contributed by atoms with E-state index in [4.69, 9.17) is 13.3 Å². The summed E-state index contributed by atoms with van der Waals surface area (Å²) in [5.74, 6) is -1.82. The van der Waals surface area contributed by atoms with Crippen LogP contribution in [0.25, 0.3) is 0 Å². The lowest BCUT2D eigenvalue weighted by Crippen LogP contribution is -2.49. The number of carbonyl (C=O) groups is 3. The van der Waals surface area contributed by atoms with Crippen molar-refractivity contribution in [2.45, 2.75) is 136 Å². The van der Waals surface area contributed by atoms with Gasteiger partial charge in [0.1, 0.15) is 0 Å². The van der Waals surface area contributed by atoms with E-state index in [1.54, 1.807) is 0 Å². The van der Waals surface area contributed by atoms with E-state index in [0.29, 0.717) is 6.42 Å². The van der Waals surface area contributed by atoms with Gasteiger partial charge in [0.15, 0.2) is 0 Å².